The van der Waals surface area contributed by atoms with E-state index in [9.17, 15) is 4.79 Å². The summed E-state index contributed by atoms with van der Waals surface area (Å²) in [5.41, 5.74) is 4.77. The molecule has 10 heavy (non-hydrogen) atoms. The minimum atomic E-state index is -1.42. The highest BCUT2D eigenvalue weighted by atomic mass is 32.1. The standard InChI is InChI=1S/C3H7NO3.H2O2S/c4-2(1-5)3(6)7;1-3-2/h2,5H,1,4H2,(H,6,7);3H2/t2-;/m0./s1. The van der Waals surface area contributed by atoms with Crippen LogP contribution in [0.5, 0.6) is 0 Å². The van der Waals surface area contributed by atoms with E-state index >= 15 is 0 Å². The molecule has 62 valence electrons. The highest BCUT2D eigenvalue weighted by Crippen LogP contribution is 1.71. The number of aliphatic carboxylic acids is 1. The Balaban J connectivity index is 0. The van der Waals surface area contributed by atoms with Crippen LogP contribution in [0.15, 0.2) is 0 Å². The molecule has 0 bridgehead atoms. The van der Waals surface area contributed by atoms with Gasteiger partial charge in [-0.05, 0) is 0 Å². The van der Waals surface area contributed by atoms with Gasteiger partial charge in [-0.2, -0.15) is 0 Å². The van der Waals surface area contributed by atoms with Crippen LogP contribution in [0.3, 0.4) is 0 Å². The van der Waals surface area contributed by atoms with Crippen molar-refractivity contribution in [2.75, 3.05) is 6.61 Å². The average molecular weight is 171 g/mol. The van der Waals surface area contributed by atoms with Gasteiger partial charge in [0.05, 0.1) is 6.61 Å². The van der Waals surface area contributed by atoms with E-state index in [-0.39, 0.29) is 0 Å². The number of nitrogens with two attached hydrogens (primary N) is 1. The quantitative estimate of drug-likeness (QED) is 0.412. The molecule has 0 aromatic rings. The van der Waals surface area contributed by atoms with Crippen molar-refractivity contribution in [2.45, 2.75) is 6.04 Å². The predicted octanol–water partition coefficient (Wildman–Crippen LogP) is -2.81. The Kier molecular flexibility index (Phi) is 10.1. The zero-order chi connectivity index (χ0) is 8.57. The van der Waals surface area contributed by atoms with Crippen LogP contribution >= 0.6 is 0 Å². The summed E-state index contributed by atoms with van der Waals surface area (Å²) in [7, 11) is 0. The summed E-state index contributed by atoms with van der Waals surface area (Å²) < 4.78 is 16.8. The smallest absolute Gasteiger partial charge is 0.322 e. The highest BCUT2D eigenvalue weighted by molar-refractivity contribution is 7.51. The molecule has 4 N–H and O–H groups in total. The minimum Gasteiger partial charge on any atom is -0.480 e. The zero-order valence-electron chi connectivity index (χ0n) is 4.98. The van der Waals surface area contributed by atoms with Crippen LogP contribution in [0.4, 0.5) is 0 Å². The van der Waals surface area contributed by atoms with Crippen molar-refractivity contribution in [1.29, 1.82) is 0 Å². The second-order valence-corrected chi connectivity index (χ2v) is 1.38. The monoisotopic (exact) mass is 171 g/mol. The molecule has 0 amide bonds. The second-order valence-electron chi connectivity index (χ2n) is 1.21. The van der Waals surface area contributed by atoms with E-state index in [1.165, 1.54) is 0 Å². The second kappa shape index (κ2) is 8.34. The topological polar surface area (TPSA) is 118 Å². The number of hydrogen-bond acceptors (Lipinski definition) is 5. The third-order valence-electron chi connectivity index (χ3n) is 0.514. The lowest BCUT2D eigenvalue weighted by molar-refractivity contribution is -0.139. The molecule has 1 atom stereocenters. The van der Waals surface area contributed by atoms with Gasteiger partial charge in [-0.1, -0.05) is 0 Å². The first kappa shape index (κ1) is 12.1. The summed E-state index contributed by atoms with van der Waals surface area (Å²) in [5.74, 6) is -1.18. The van der Waals surface area contributed by atoms with Crippen molar-refractivity contribution in [3.63, 3.8) is 0 Å². The van der Waals surface area contributed by atoms with Crippen LogP contribution in [-0.4, -0.2) is 37.2 Å². The maximum atomic E-state index is 9.65. The Bertz CT molecular complexity index is 131. The first-order chi connectivity index (χ1) is 4.59. The Morgan fingerprint density at radius 2 is 1.90 bits per heavy atom. The van der Waals surface area contributed by atoms with Crippen LogP contribution in [0.1, 0.15) is 0 Å². The number of rotatable bonds is 2. The first-order valence-corrected chi connectivity index (χ1v) is 3.00. The maximum Gasteiger partial charge on any atom is 0.322 e. The molecule has 0 saturated heterocycles. The summed E-state index contributed by atoms with van der Waals surface area (Å²) in [5, 5.41) is 15.9. The lowest BCUT2D eigenvalue weighted by atomic mass is 10.3. The molecule has 0 rings (SSSR count). The Hall–Kier alpha value is -0.660. The fourth-order valence-electron chi connectivity index (χ4n) is 0.0781. The zero-order valence-corrected chi connectivity index (χ0v) is 5.98. The van der Waals surface area contributed by atoms with Crippen LogP contribution in [0.2, 0.25) is 0 Å². The largest absolute Gasteiger partial charge is 0.480 e. The summed E-state index contributed by atoms with van der Waals surface area (Å²) in [4.78, 5) is 9.65. The van der Waals surface area contributed by atoms with Crippen molar-refractivity contribution in [3.8, 4) is 0 Å². The lowest BCUT2D eigenvalue weighted by Gasteiger charge is -1.96. The van der Waals surface area contributed by atoms with Crippen molar-refractivity contribution in [1.82, 2.24) is 0 Å². The van der Waals surface area contributed by atoms with Crippen LogP contribution < -0.4 is 5.73 Å². The van der Waals surface area contributed by atoms with E-state index in [1.807, 2.05) is 0 Å². The summed E-state index contributed by atoms with van der Waals surface area (Å²) in [6.45, 7) is -0.505. The normalized spacial score (nSPS) is 11.0. The van der Waals surface area contributed by atoms with Crippen molar-refractivity contribution in [3.05, 3.63) is 0 Å². The molecule has 0 saturated carbocycles. The van der Waals surface area contributed by atoms with Gasteiger partial charge in [0, 0.05) is 0 Å². The van der Waals surface area contributed by atoms with Crippen molar-refractivity contribution >= 4 is 17.5 Å². The molecular weight excluding hydrogens is 162 g/mol. The highest BCUT2D eigenvalue weighted by Gasteiger charge is 2.06. The average Bonchev–Trinajstić information content (AvgIpc) is 1.88. The third kappa shape index (κ3) is 10.3. The van der Waals surface area contributed by atoms with Gasteiger partial charge in [0.15, 0.2) is 0 Å². The van der Waals surface area contributed by atoms with Gasteiger partial charge in [0.25, 0.3) is 0 Å². The summed E-state index contributed by atoms with van der Waals surface area (Å²) in [6, 6.07) is -1.13. The van der Waals surface area contributed by atoms with Crippen molar-refractivity contribution < 1.29 is 23.4 Å². The van der Waals surface area contributed by atoms with Gasteiger partial charge in [0.2, 0.25) is 0 Å². The molecule has 0 aliphatic rings. The predicted molar refractivity (Wildman–Crippen MR) is 34.4 cm³/mol. The Morgan fingerprint density at radius 1 is 1.60 bits per heavy atom. The fourth-order valence-corrected chi connectivity index (χ4v) is 0.0781. The molecule has 0 spiro atoms. The van der Waals surface area contributed by atoms with Gasteiger partial charge < -0.3 is 15.9 Å². The van der Waals surface area contributed by atoms with E-state index in [2.05, 4.69) is 0 Å². The van der Waals surface area contributed by atoms with Gasteiger partial charge in [-0.3, -0.25) is 4.79 Å². The van der Waals surface area contributed by atoms with E-state index in [0.29, 0.717) is 0 Å². The van der Waals surface area contributed by atoms with E-state index in [4.69, 9.17) is 24.4 Å². The fraction of sp³-hybridized carbons (Fsp3) is 0.667. The minimum absolute atomic E-state index is 0.505. The Labute approximate surface area is 60.3 Å². The van der Waals surface area contributed by atoms with Crippen LogP contribution in [0.25, 0.3) is 0 Å². The van der Waals surface area contributed by atoms with E-state index in [1.54, 1.807) is 0 Å². The molecule has 0 aliphatic carbocycles. The molecule has 0 aromatic heterocycles. The third-order valence-corrected chi connectivity index (χ3v) is 0.514. The molecule has 0 aliphatic heterocycles. The van der Waals surface area contributed by atoms with Gasteiger partial charge in [-0.25, -0.2) is 8.42 Å². The number of aliphatic hydroxyl groups excluding tert-OH is 1. The molecular formula is C3H9NO5S. The Morgan fingerprint density at radius 3 is 1.90 bits per heavy atom. The van der Waals surface area contributed by atoms with Crippen LogP contribution in [-0.2, 0) is 16.4 Å². The molecule has 6 nitrogen and oxygen atoms in total. The number of carboxylic acids is 1. The van der Waals surface area contributed by atoms with Gasteiger partial charge >= 0.3 is 5.97 Å². The first-order valence-electron chi connectivity index (χ1n) is 2.18. The van der Waals surface area contributed by atoms with E-state index < -0.39 is 30.2 Å². The van der Waals surface area contributed by atoms with Gasteiger partial charge in [-0.15, -0.1) is 0 Å². The number of carboxylic acid groups (broad SMARTS) is 1. The molecule has 0 aromatic carbocycles. The summed E-state index contributed by atoms with van der Waals surface area (Å²) in [6.07, 6.45) is 0. The summed E-state index contributed by atoms with van der Waals surface area (Å²) >= 11 is -1.42. The molecule has 0 radical (unpaired) electrons. The maximum absolute atomic E-state index is 9.65. The number of carbonyl (C=O) groups is 1. The molecule has 0 fully saturated rings. The van der Waals surface area contributed by atoms with Crippen molar-refractivity contribution in [2.24, 2.45) is 5.73 Å². The van der Waals surface area contributed by atoms with E-state index in [0.717, 1.165) is 0 Å². The molecule has 7 heteroatoms. The number of aliphatic hydroxyl groups is 1. The SMILES string of the molecule is N[C@@H](CO)C(=O)O.O=[SH2]=O. The number of hydrogen-bond donors (Lipinski definition) is 3. The lowest BCUT2D eigenvalue weighted by Crippen LogP contribution is -2.33. The molecule has 0 unspecified atom stereocenters. The van der Waals surface area contributed by atoms with Crippen LogP contribution in [0, 0.1) is 0 Å². The molecule has 0 heterocycles. The van der Waals surface area contributed by atoms with Gasteiger partial charge in [0.1, 0.15) is 17.6 Å².